The van der Waals surface area contributed by atoms with Crippen molar-refractivity contribution in [3.8, 4) is 5.82 Å². The normalized spacial score (nSPS) is 12.2. The van der Waals surface area contributed by atoms with Crippen LogP contribution in [-0.2, 0) is 5.41 Å². The second-order valence-electron chi connectivity index (χ2n) is 8.01. The van der Waals surface area contributed by atoms with Gasteiger partial charge in [0.2, 0.25) is 0 Å². The molecule has 0 saturated carbocycles. The Morgan fingerprint density at radius 2 is 1.77 bits per heavy atom. The average molecular weight is 345 g/mol. The molecule has 0 spiro atoms. The van der Waals surface area contributed by atoms with Gasteiger partial charge in [-0.05, 0) is 55.2 Å². The zero-order valence-corrected chi connectivity index (χ0v) is 15.8. The van der Waals surface area contributed by atoms with Gasteiger partial charge in [-0.25, -0.2) is 4.98 Å². The van der Waals surface area contributed by atoms with Gasteiger partial charge >= 0.3 is 0 Å². The molecule has 4 nitrogen and oxygen atoms in total. The summed E-state index contributed by atoms with van der Waals surface area (Å²) in [7, 11) is 0. The van der Waals surface area contributed by atoms with Crippen LogP contribution in [-0.4, -0.2) is 14.5 Å². The number of nitrogens with zero attached hydrogens (tertiary/aromatic N) is 2. The minimum absolute atomic E-state index is 0.00638. The molecule has 0 aliphatic rings. The van der Waals surface area contributed by atoms with E-state index in [2.05, 4.69) is 67.4 Å². The molecular weight excluding hydrogens is 322 g/mol. The number of aromatic amines is 1. The number of hydrogen-bond donors (Lipinski definition) is 1. The zero-order chi connectivity index (χ0) is 18.6. The molecule has 0 radical (unpaired) electrons. The van der Waals surface area contributed by atoms with Crippen LogP contribution in [0.2, 0.25) is 0 Å². The van der Waals surface area contributed by atoms with Crippen molar-refractivity contribution in [2.75, 3.05) is 0 Å². The predicted octanol–water partition coefficient (Wildman–Crippen LogP) is 4.78. The van der Waals surface area contributed by atoms with E-state index in [0.29, 0.717) is 0 Å². The van der Waals surface area contributed by atoms with Gasteiger partial charge in [-0.2, -0.15) is 0 Å². The van der Waals surface area contributed by atoms with Gasteiger partial charge in [0.05, 0.1) is 11.0 Å². The molecular formula is C22H23N3O. The largest absolute Gasteiger partial charge is 0.361 e. The number of nitrogens with one attached hydrogen (secondary N) is 1. The number of rotatable bonds is 1. The number of H-pyrrole nitrogens is 1. The lowest BCUT2D eigenvalue weighted by molar-refractivity contribution is 0.588. The van der Waals surface area contributed by atoms with E-state index < -0.39 is 0 Å². The number of pyridine rings is 2. The highest BCUT2D eigenvalue weighted by atomic mass is 16.1. The molecule has 4 rings (SSSR count). The van der Waals surface area contributed by atoms with Crippen LogP contribution in [0.3, 0.4) is 0 Å². The van der Waals surface area contributed by atoms with E-state index in [4.69, 9.17) is 0 Å². The molecule has 3 aromatic heterocycles. The molecule has 0 aliphatic carbocycles. The third kappa shape index (κ3) is 2.53. The Kier molecular flexibility index (Phi) is 3.55. The summed E-state index contributed by atoms with van der Waals surface area (Å²) in [6.07, 6.45) is 1.85. The van der Waals surface area contributed by atoms with E-state index in [1.165, 1.54) is 5.56 Å². The number of aryl methyl sites for hydroxylation is 2. The van der Waals surface area contributed by atoms with Crippen molar-refractivity contribution in [3.05, 3.63) is 69.8 Å². The lowest BCUT2D eigenvalue weighted by Crippen LogP contribution is -2.12. The molecule has 0 bridgehead atoms. The van der Waals surface area contributed by atoms with Crippen molar-refractivity contribution >= 4 is 21.8 Å². The minimum atomic E-state index is 0.00638. The molecule has 132 valence electrons. The Morgan fingerprint density at radius 1 is 1.00 bits per heavy atom. The van der Waals surface area contributed by atoms with Crippen LogP contribution in [0.25, 0.3) is 27.6 Å². The molecule has 0 atom stereocenters. The highest BCUT2D eigenvalue weighted by molar-refractivity contribution is 6.09. The maximum atomic E-state index is 12.1. The smallest absolute Gasteiger partial charge is 0.180 e. The van der Waals surface area contributed by atoms with E-state index in [-0.39, 0.29) is 10.8 Å². The van der Waals surface area contributed by atoms with E-state index in [0.717, 1.165) is 39.0 Å². The first-order valence-corrected chi connectivity index (χ1v) is 8.87. The Labute approximate surface area is 152 Å². The summed E-state index contributed by atoms with van der Waals surface area (Å²) in [6, 6.07) is 11.6. The highest BCUT2D eigenvalue weighted by Crippen LogP contribution is 2.33. The highest BCUT2D eigenvalue weighted by Gasteiger charge is 2.19. The maximum Gasteiger partial charge on any atom is 0.180 e. The maximum absolute atomic E-state index is 12.1. The van der Waals surface area contributed by atoms with Crippen molar-refractivity contribution in [3.63, 3.8) is 0 Å². The van der Waals surface area contributed by atoms with Crippen molar-refractivity contribution in [1.82, 2.24) is 14.5 Å². The van der Waals surface area contributed by atoms with Crippen LogP contribution in [0.15, 0.2) is 47.4 Å². The monoisotopic (exact) mass is 345 g/mol. The fraction of sp³-hybridized carbons (Fsp3) is 0.273. The van der Waals surface area contributed by atoms with E-state index >= 15 is 0 Å². The zero-order valence-electron chi connectivity index (χ0n) is 15.8. The summed E-state index contributed by atoms with van der Waals surface area (Å²) in [5.41, 5.74) is 5.36. The van der Waals surface area contributed by atoms with Crippen LogP contribution in [0, 0.1) is 13.8 Å². The first-order valence-electron chi connectivity index (χ1n) is 8.87. The number of fused-ring (bicyclic) bond motifs is 3. The van der Waals surface area contributed by atoms with Crippen LogP contribution in [0.5, 0.6) is 0 Å². The molecule has 0 aliphatic heterocycles. The van der Waals surface area contributed by atoms with Crippen LogP contribution in [0.4, 0.5) is 0 Å². The molecule has 0 saturated heterocycles. The van der Waals surface area contributed by atoms with E-state index in [1.54, 1.807) is 12.1 Å². The Balaban J connectivity index is 2.18. The molecule has 1 N–H and O–H groups in total. The lowest BCUT2D eigenvalue weighted by atomic mass is 9.88. The minimum Gasteiger partial charge on any atom is -0.361 e. The quantitative estimate of drug-likeness (QED) is 0.540. The Hall–Kier alpha value is -2.88. The topological polar surface area (TPSA) is 50.7 Å². The first kappa shape index (κ1) is 16.6. The van der Waals surface area contributed by atoms with Crippen molar-refractivity contribution in [1.29, 1.82) is 0 Å². The molecule has 26 heavy (non-hydrogen) atoms. The average Bonchev–Trinajstić information content (AvgIpc) is 2.88. The van der Waals surface area contributed by atoms with Gasteiger partial charge in [0.1, 0.15) is 5.82 Å². The lowest BCUT2D eigenvalue weighted by Gasteiger charge is -2.20. The SMILES string of the molecule is Cc1cc2c3ccc(=O)cc3n(-c3cc(C(C)(C)C)ccn3)c2c(C)[nH]1. The van der Waals surface area contributed by atoms with Crippen molar-refractivity contribution < 1.29 is 0 Å². The van der Waals surface area contributed by atoms with E-state index in [1.807, 2.05) is 12.3 Å². The fourth-order valence-corrected chi connectivity index (χ4v) is 3.66. The summed E-state index contributed by atoms with van der Waals surface area (Å²) in [5, 5.41) is 2.21. The molecule has 0 fully saturated rings. The van der Waals surface area contributed by atoms with Crippen LogP contribution in [0.1, 0.15) is 37.7 Å². The molecule has 1 aromatic carbocycles. The Bertz CT molecular complexity index is 1210. The van der Waals surface area contributed by atoms with Crippen LogP contribution < -0.4 is 5.43 Å². The third-order valence-electron chi connectivity index (χ3n) is 4.92. The van der Waals surface area contributed by atoms with Gasteiger partial charge in [-0.3, -0.25) is 9.36 Å². The van der Waals surface area contributed by atoms with Crippen molar-refractivity contribution in [2.24, 2.45) is 0 Å². The predicted molar refractivity (Wildman–Crippen MR) is 107 cm³/mol. The van der Waals surface area contributed by atoms with Crippen LogP contribution >= 0.6 is 0 Å². The number of hydrogen-bond acceptors (Lipinski definition) is 2. The number of aromatic nitrogens is 3. The molecule has 0 amide bonds. The van der Waals surface area contributed by atoms with Crippen molar-refractivity contribution in [2.45, 2.75) is 40.0 Å². The Morgan fingerprint density at radius 3 is 2.50 bits per heavy atom. The summed E-state index contributed by atoms with van der Waals surface area (Å²) in [5.74, 6) is 0.836. The molecule has 4 heteroatoms. The third-order valence-corrected chi connectivity index (χ3v) is 4.92. The second-order valence-corrected chi connectivity index (χ2v) is 8.01. The number of benzene rings is 1. The fourth-order valence-electron chi connectivity index (χ4n) is 3.66. The molecule has 4 aromatic rings. The standard InChI is InChI=1S/C22H23N3O/c1-13-10-18-17-7-6-16(26)12-19(17)25(21(18)14(2)24-13)20-11-15(8-9-23-20)22(3,4)5/h6-12,24H,1-5H3. The summed E-state index contributed by atoms with van der Waals surface area (Å²) in [4.78, 5) is 20.1. The summed E-state index contributed by atoms with van der Waals surface area (Å²) < 4.78 is 2.10. The van der Waals surface area contributed by atoms with Gasteiger partial charge in [0.15, 0.2) is 5.43 Å². The van der Waals surface area contributed by atoms with Gasteiger partial charge in [-0.1, -0.05) is 20.8 Å². The van der Waals surface area contributed by atoms with E-state index in [9.17, 15) is 4.79 Å². The summed E-state index contributed by atoms with van der Waals surface area (Å²) in [6.45, 7) is 10.7. The van der Waals surface area contributed by atoms with Gasteiger partial charge in [0.25, 0.3) is 0 Å². The first-order chi connectivity index (χ1) is 12.3. The summed E-state index contributed by atoms with van der Waals surface area (Å²) >= 11 is 0. The van der Waals surface area contributed by atoms with Gasteiger partial charge in [-0.15, -0.1) is 0 Å². The van der Waals surface area contributed by atoms with Gasteiger partial charge in [0, 0.05) is 34.4 Å². The second kappa shape index (κ2) is 5.56. The van der Waals surface area contributed by atoms with Gasteiger partial charge < -0.3 is 4.98 Å². The molecule has 3 heterocycles. The molecule has 0 unspecified atom stereocenters.